The van der Waals surface area contributed by atoms with Crippen molar-refractivity contribution in [3.63, 3.8) is 0 Å². The molecule has 2 rings (SSSR count). The van der Waals surface area contributed by atoms with Gasteiger partial charge in [0.25, 0.3) is 0 Å². The molecule has 3 unspecified atom stereocenters. The van der Waals surface area contributed by atoms with Crippen LogP contribution in [0.1, 0.15) is 47.0 Å². The smallest absolute Gasteiger partial charge is 0.216 e. The summed E-state index contributed by atoms with van der Waals surface area (Å²) in [6.07, 6.45) is 2.95. The first-order valence-electron chi connectivity index (χ1n) is 6.89. The summed E-state index contributed by atoms with van der Waals surface area (Å²) in [4.78, 5) is 0. The van der Waals surface area contributed by atoms with Crippen molar-refractivity contribution >= 4 is 10.0 Å². The summed E-state index contributed by atoms with van der Waals surface area (Å²) in [7, 11) is -3.16. The average Bonchev–Trinajstić information content (AvgIpc) is 2.29. The van der Waals surface area contributed by atoms with E-state index in [0.717, 1.165) is 19.3 Å². The van der Waals surface area contributed by atoms with E-state index < -0.39 is 10.0 Å². The van der Waals surface area contributed by atoms with Crippen LogP contribution in [-0.2, 0) is 10.0 Å². The minimum Gasteiger partial charge on any atom is -0.325 e. The molecule has 3 atom stereocenters. The van der Waals surface area contributed by atoms with Crippen LogP contribution in [0.3, 0.4) is 0 Å². The Balaban J connectivity index is 2.45. The van der Waals surface area contributed by atoms with Gasteiger partial charge in [-0.1, -0.05) is 27.7 Å². The lowest BCUT2D eigenvalue weighted by Crippen LogP contribution is -2.59. The molecule has 4 nitrogen and oxygen atoms in total. The van der Waals surface area contributed by atoms with Crippen LogP contribution < -0.4 is 5.73 Å². The van der Waals surface area contributed by atoms with Gasteiger partial charge in [-0.15, -0.1) is 0 Å². The quantitative estimate of drug-likeness (QED) is 0.789. The van der Waals surface area contributed by atoms with Crippen LogP contribution in [0.25, 0.3) is 0 Å². The Morgan fingerprint density at radius 3 is 2.44 bits per heavy atom. The van der Waals surface area contributed by atoms with Crippen molar-refractivity contribution in [3.8, 4) is 0 Å². The van der Waals surface area contributed by atoms with Crippen molar-refractivity contribution in [3.05, 3.63) is 0 Å². The molecule has 1 saturated heterocycles. The summed E-state index contributed by atoms with van der Waals surface area (Å²) >= 11 is 0. The Morgan fingerprint density at radius 1 is 1.33 bits per heavy atom. The van der Waals surface area contributed by atoms with E-state index in [2.05, 4.69) is 20.8 Å². The highest BCUT2D eigenvalue weighted by molar-refractivity contribution is 7.89. The molecule has 0 radical (unpaired) electrons. The van der Waals surface area contributed by atoms with E-state index in [9.17, 15) is 8.42 Å². The van der Waals surface area contributed by atoms with Crippen LogP contribution in [0.2, 0.25) is 0 Å². The number of rotatable bonds is 1. The van der Waals surface area contributed by atoms with Crippen LogP contribution in [0, 0.1) is 11.3 Å². The van der Waals surface area contributed by atoms with Crippen molar-refractivity contribution in [2.45, 2.75) is 58.5 Å². The van der Waals surface area contributed by atoms with Gasteiger partial charge in [-0.25, -0.2) is 8.42 Å². The minimum atomic E-state index is -3.16. The lowest BCUT2D eigenvalue weighted by Gasteiger charge is -2.50. The summed E-state index contributed by atoms with van der Waals surface area (Å²) < 4.78 is 26.2. The summed E-state index contributed by atoms with van der Waals surface area (Å²) in [6, 6.07) is -0.246. The van der Waals surface area contributed by atoms with Crippen LogP contribution >= 0.6 is 0 Å². The van der Waals surface area contributed by atoms with Gasteiger partial charge >= 0.3 is 0 Å². The summed E-state index contributed by atoms with van der Waals surface area (Å²) in [6.45, 7) is 9.14. The third kappa shape index (κ3) is 2.10. The molecule has 2 aliphatic rings. The fourth-order valence-corrected chi connectivity index (χ4v) is 6.68. The maximum absolute atomic E-state index is 12.2. The van der Waals surface area contributed by atoms with Gasteiger partial charge in [0.05, 0.1) is 11.3 Å². The van der Waals surface area contributed by atoms with E-state index in [1.807, 2.05) is 6.92 Å². The van der Waals surface area contributed by atoms with E-state index in [1.54, 1.807) is 4.31 Å². The van der Waals surface area contributed by atoms with E-state index in [4.69, 9.17) is 5.73 Å². The molecule has 1 aliphatic carbocycles. The molecule has 0 aromatic heterocycles. The number of likely N-dealkylation sites (N-methyl/N-ethyl adjacent to an activating group) is 1. The summed E-state index contributed by atoms with van der Waals surface area (Å²) in [5, 5.41) is 0. The number of nitrogens with zero attached hydrogens (tertiary/aromatic N) is 1. The zero-order chi connectivity index (χ0) is 13.8. The fraction of sp³-hybridized carbons (Fsp3) is 1.00. The van der Waals surface area contributed by atoms with Crippen LogP contribution in [-0.4, -0.2) is 36.6 Å². The molecule has 1 heterocycles. The standard InChI is InChI=1S/C13H26N2O2S/c1-5-15-13(11(14)8-18(15,16)17)7-10(2)6-12(3,4)9-13/h10-11H,5-9,14H2,1-4H3. The topological polar surface area (TPSA) is 63.4 Å². The van der Waals surface area contributed by atoms with E-state index in [1.165, 1.54) is 0 Å². The number of hydrogen-bond donors (Lipinski definition) is 1. The third-order valence-corrected chi connectivity index (χ3v) is 6.66. The average molecular weight is 274 g/mol. The Labute approximate surface area is 111 Å². The van der Waals surface area contributed by atoms with Crippen molar-refractivity contribution in [1.82, 2.24) is 4.31 Å². The summed E-state index contributed by atoms with van der Waals surface area (Å²) in [5.74, 6) is 0.644. The zero-order valence-corrected chi connectivity index (χ0v) is 12.8. The highest BCUT2D eigenvalue weighted by atomic mass is 32.2. The van der Waals surface area contributed by atoms with Crippen LogP contribution in [0.15, 0.2) is 0 Å². The van der Waals surface area contributed by atoms with Crippen LogP contribution in [0.5, 0.6) is 0 Å². The molecule has 18 heavy (non-hydrogen) atoms. The first-order chi connectivity index (χ1) is 8.13. The monoisotopic (exact) mass is 274 g/mol. The van der Waals surface area contributed by atoms with Gasteiger partial charge in [-0.05, 0) is 30.6 Å². The highest BCUT2D eigenvalue weighted by Crippen LogP contribution is 2.51. The molecule has 106 valence electrons. The second-order valence-electron chi connectivity index (χ2n) is 7.01. The first-order valence-corrected chi connectivity index (χ1v) is 8.50. The first kappa shape index (κ1) is 14.3. The molecule has 0 bridgehead atoms. The van der Waals surface area contributed by atoms with Gasteiger partial charge in [0.1, 0.15) is 0 Å². The molecule has 2 N–H and O–H groups in total. The molecule has 2 fully saturated rings. The van der Waals surface area contributed by atoms with E-state index in [-0.39, 0.29) is 22.7 Å². The predicted molar refractivity (Wildman–Crippen MR) is 73.7 cm³/mol. The van der Waals surface area contributed by atoms with E-state index in [0.29, 0.717) is 12.5 Å². The molecule has 0 aromatic carbocycles. The second-order valence-corrected chi connectivity index (χ2v) is 8.95. The Bertz CT molecular complexity index is 432. The minimum absolute atomic E-state index is 0.115. The third-order valence-electron chi connectivity index (χ3n) is 4.59. The largest absolute Gasteiger partial charge is 0.325 e. The lowest BCUT2D eigenvalue weighted by atomic mass is 9.62. The molecule has 1 saturated carbocycles. The number of sulfonamides is 1. The van der Waals surface area contributed by atoms with Crippen LogP contribution in [0.4, 0.5) is 0 Å². The van der Waals surface area contributed by atoms with Crippen molar-refractivity contribution in [1.29, 1.82) is 0 Å². The Morgan fingerprint density at radius 2 is 1.94 bits per heavy atom. The SMILES string of the molecule is CCN1C2(CC(C)CC(C)(C)C2)C(N)CS1(=O)=O. The Kier molecular flexibility index (Phi) is 3.32. The van der Waals surface area contributed by atoms with Gasteiger partial charge < -0.3 is 5.73 Å². The second kappa shape index (κ2) is 4.18. The molecular formula is C13H26N2O2S. The van der Waals surface area contributed by atoms with Crippen molar-refractivity contribution in [2.24, 2.45) is 17.1 Å². The molecule has 0 amide bonds. The normalized spacial score (nSPS) is 43.4. The highest BCUT2D eigenvalue weighted by Gasteiger charge is 2.58. The Hall–Kier alpha value is -0.130. The zero-order valence-electron chi connectivity index (χ0n) is 11.9. The number of nitrogens with two attached hydrogens (primary N) is 1. The van der Waals surface area contributed by atoms with Gasteiger partial charge in [0.15, 0.2) is 0 Å². The maximum atomic E-state index is 12.2. The molecular weight excluding hydrogens is 248 g/mol. The molecule has 1 spiro atoms. The van der Waals surface area contributed by atoms with Crippen molar-refractivity contribution in [2.75, 3.05) is 12.3 Å². The lowest BCUT2D eigenvalue weighted by molar-refractivity contribution is 0.0292. The van der Waals surface area contributed by atoms with Gasteiger partial charge in [-0.3, -0.25) is 0 Å². The fourth-order valence-electron chi connectivity index (χ4n) is 4.51. The van der Waals surface area contributed by atoms with Gasteiger partial charge in [-0.2, -0.15) is 4.31 Å². The maximum Gasteiger partial charge on any atom is 0.216 e. The summed E-state index contributed by atoms with van der Waals surface area (Å²) in [5.41, 5.74) is 6.08. The molecule has 5 heteroatoms. The van der Waals surface area contributed by atoms with Crippen molar-refractivity contribution < 1.29 is 8.42 Å². The predicted octanol–water partition coefficient (Wildman–Crippen LogP) is 1.56. The van der Waals surface area contributed by atoms with Gasteiger partial charge in [0, 0.05) is 12.6 Å². The number of hydrogen-bond acceptors (Lipinski definition) is 3. The molecule has 1 aliphatic heterocycles. The van der Waals surface area contributed by atoms with E-state index >= 15 is 0 Å². The molecule has 0 aromatic rings. The van der Waals surface area contributed by atoms with Gasteiger partial charge in [0.2, 0.25) is 10.0 Å².